The second kappa shape index (κ2) is 7.39. The van der Waals surface area contributed by atoms with Gasteiger partial charge in [0, 0.05) is 5.71 Å². The molecule has 1 N–H and O–H groups in total. The Bertz CT molecular complexity index is 791. The zero-order chi connectivity index (χ0) is 20.7. The molecule has 28 heavy (non-hydrogen) atoms. The summed E-state index contributed by atoms with van der Waals surface area (Å²) in [6.07, 6.45) is -3.26. The number of nitrogens with zero attached hydrogens (tertiary/aromatic N) is 2. The summed E-state index contributed by atoms with van der Waals surface area (Å²) in [5, 5.41) is 14.6. The molecule has 0 aromatic heterocycles. The number of halogens is 3. The molecular formula is C20H25F3N2O3. The molecule has 1 fully saturated rings. The number of hydrazone groups is 1. The van der Waals surface area contributed by atoms with E-state index in [9.17, 15) is 23.1 Å². The first kappa shape index (κ1) is 20.6. The fourth-order valence-corrected chi connectivity index (χ4v) is 3.91. The third-order valence-electron chi connectivity index (χ3n) is 5.41. The summed E-state index contributed by atoms with van der Waals surface area (Å²) in [5.74, 6) is -1.66. The molecule has 1 aromatic rings. The molecule has 1 aromatic carbocycles. The minimum Gasteiger partial charge on any atom is -0.483 e. The fourth-order valence-electron chi connectivity index (χ4n) is 3.91. The number of benzene rings is 1. The zero-order valence-corrected chi connectivity index (χ0v) is 16.2. The van der Waals surface area contributed by atoms with E-state index >= 15 is 0 Å². The van der Waals surface area contributed by atoms with Gasteiger partial charge in [-0.3, -0.25) is 4.79 Å². The lowest BCUT2D eigenvalue weighted by Crippen LogP contribution is -2.62. The maximum atomic E-state index is 13.8. The molecule has 154 valence electrons. The van der Waals surface area contributed by atoms with Crippen molar-refractivity contribution in [3.63, 3.8) is 0 Å². The molecule has 2 atom stereocenters. The average Bonchev–Trinajstić information content (AvgIpc) is 2.94. The van der Waals surface area contributed by atoms with Crippen LogP contribution in [-0.2, 0) is 4.79 Å². The van der Waals surface area contributed by atoms with Crippen LogP contribution in [0.25, 0.3) is 0 Å². The second-order valence-corrected chi connectivity index (χ2v) is 7.80. The molecule has 1 aliphatic heterocycles. The summed E-state index contributed by atoms with van der Waals surface area (Å²) in [6, 6.07) is 5.52. The number of carbonyl (C=O) groups excluding carboxylic acids is 1. The van der Waals surface area contributed by atoms with Crippen molar-refractivity contribution in [3.05, 3.63) is 29.3 Å². The largest absolute Gasteiger partial charge is 0.483 e. The van der Waals surface area contributed by atoms with E-state index in [0.29, 0.717) is 25.0 Å². The number of hydrogen-bond acceptors (Lipinski definition) is 4. The summed E-state index contributed by atoms with van der Waals surface area (Å²) in [5.41, 5.74) is -1.31. The zero-order valence-electron chi connectivity index (χ0n) is 16.2. The summed E-state index contributed by atoms with van der Waals surface area (Å²) in [6.45, 7) is 5.14. The lowest BCUT2D eigenvalue weighted by atomic mass is 9.80. The number of aryl methyl sites for hydroxylation is 1. The van der Waals surface area contributed by atoms with Crippen LogP contribution in [-0.4, -0.2) is 40.2 Å². The first-order valence-electron chi connectivity index (χ1n) is 9.48. The van der Waals surface area contributed by atoms with Gasteiger partial charge in [0.15, 0.2) is 6.61 Å². The van der Waals surface area contributed by atoms with Crippen LogP contribution in [0.2, 0.25) is 0 Å². The Balaban J connectivity index is 1.84. The topological polar surface area (TPSA) is 62.1 Å². The fraction of sp³-hybridized carbons (Fsp3) is 0.600. The van der Waals surface area contributed by atoms with Gasteiger partial charge in [-0.1, -0.05) is 32.4 Å². The minimum absolute atomic E-state index is 0.118. The maximum absolute atomic E-state index is 13.8. The van der Waals surface area contributed by atoms with E-state index in [2.05, 4.69) is 5.10 Å². The van der Waals surface area contributed by atoms with Gasteiger partial charge in [-0.2, -0.15) is 23.3 Å². The first-order chi connectivity index (χ1) is 13.1. The highest BCUT2D eigenvalue weighted by molar-refractivity contribution is 5.93. The standard InChI is InChI=1S/C20H25F3N2O3/c1-12(2)14-9-8-13(3)10-17(14)28-11-18(26)25-19(27,20(21,22)23)15-6-4-5-7-16(15)24-25/h8-10,12,15,27H,4-7,11H2,1-3H3. The molecular weight excluding hydrogens is 373 g/mol. The molecule has 0 bridgehead atoms. The highest BCUT2D eigenvalue weighted by Crippen LogP contribution is 2.48. The lowest BCUT2D eigenvalue weighted by Gasteiger charge is -2.38. The van der Waals surface area contributed by atoms with E-state index in [4.69, 9.17) is 4.74 Å². The number of carbonyl (C=O) groups is 1. The average molecular weight is 398 g/mol. The summed E-state index contributed by atoms with van der Waals surface area (Å²) in [7, 11) is 0. The van der Waals surface area contributed by atoms with Crippen molar-refractivity contribution in [2.45, 2.75) is 64.3 Å². The third-order valence-corrected chi connectivity index (χ3v) is 5.41. The number of ether oxygens (including phenoxy) is 1. The highest BCUT2D eigenvalue weighted by atomic mass is 19.4. The molecule has 1 aliphatic carbocycles. The molecule has 2 aliphatic rings. The molecule has 1 saturated carbocycles. The third kappa shape index (κ3) is 3.50. The monoisotopic (exact) mass is 398 g/mol. The van der Waals surface area contributed by atoms with E-state index in [-0.39, 0.29) is 23.1 Å². The van der Waals surface area contributed by atoms with Gasteiger partial charge in [0.25, 0.3) is 11.6 Å². The van der Waals surface area contributed by atoms with Crippen molar-refractivity contribution in [2.75, 3.05) is 6.61 Å². The number of fused-ring (bicyclic) bond motifs is 1. The van der Waals surface area contributed by atoms with Gasteiger partial charge >= 0.3 is 6.18 Å². The SMILES string of the molecule is Cc1ccc(C(C)C)c(OCC(=O)N2N=C3CCCCC3C2(O)C(F)(F)F)c1. The Hall–Kier alpha value is -2.09. The van der Waals surface area contributed by atoms with Gasteiger partial charge in [-0.15, -0.1) is 0 Å². The molecule has 0 saturated heterocycles. The number of aliphatic hydroxyl groups is 1. The maximum Gasteiger partial charge on any atom is 0.439 e. The number of amides is 1. The molecule has 5 nitrogen and oxygen atoms in total. The Morgan fingerprint density at radius 2 is 2.11 bits per heavy atom. The van der Waals surface area contributed by atoms with Crippen molar-refractivity contribution in [3.8, 4) is 5.75 Å². The van der Waals surface area contributed by atoms with Gasteiger partial charge < -0.3 is 9.84 Å². The Morgan fingerprint density at radius 1 is 1.39 bits per heavy atom. The van der Waals surface area contributed by atoms with Crippen molar-refractivity contribution < 1.29 is 27.8 Å². The van der Waals surface area contributed by atoms with Crippen LogP contribution >= 0.6 is 0 Å². The molecule has 8 heteroatoms. The normalized spacial score (nSPS) is 24.9. The predicted molar refractivity (Wildman–Crippen MR) is 98.0 cm³/mol. The first-order valence-corrected chi connectivity index (χ1v) is 9.48. The lowest BCUT2D eigenvalue weighted by molar-refractivity contribution is -0.317. The quantitative estimate of drug-likeness (QED) is 0.829. The Labute approximate surface area is 162 Å². The van der Waals surface area contributed by atoms with Crippen LogP contribution in [0, 0.1) is 12.8 Å². The Morgan fingerprint density at radius 3 is 2.75 bits per heavy atom. The van der Waals surface area contributed by atoms with E-state index in [1.165, 1.54) is 0 Å². The van der Waals surface area contributed by atoms with E-state index < -0.39 is 30.3 Å². The van der Waals surface area contributed by atoms with Crippen LogP contribution in [0.4, 0.5) is 13.2 Å². The van der Waals surface area contributed by atoms with Crippen LogP contribution in [0.15, 0.2) is 23.3 Å². The smallest absolute Gasteiger partial charge is 0.439 e. The molecule has 1 amide bonds. The van der Waals surface area contributed by atoms with Gasteiger partial charge in [0.05, 0.1) is 5.92 Å². The van der Waals surface area contributed by atoms with Gasteiger partial charge in [-0.25, -0.2) is 0 Å². The van der Waals surface area contributed by atoms with E-state index in [0.717, 1.165) is 11.1 Å². The Kier molecular flexibility index (Phi) is 5.44. The van der Waals surface area contributed by atoms with Crippen molar-refractivity contribution >= 4 is 11.6 Å². The highest BCUT2D eigenvalue weighted by Gasteiger charge is 2.68. The van der Waals surface area contributed by atoms with Crippen LogP contribution in [0.5, 0.6) is 5.75 Å². The van der Waals surface area contributed by atoms with Crippen molar-refractivity contribution in [1.82, 2.24) is 5.01 Å². The van der Waals surface area contributed by atoms with Crippen molar-refractivity contribution in [1.29, 1.82) is 0 Å². The minimum atomic E-state index is -5.01. The molecule has 0 spiro atoms. The van der Waals surface area contributed by atoms with Crippen LogP contribution < -0.4 is 4.74 Å². The molecule has 1 heterocycles. The van der Waals surface area contributed by atoms with Crippen LogP contribution in [0.1, 0.15) is 56.6 Å². The molecule has 0 radical (unpaired) electrons. The number of alkyl halides is 3. The summed E-state index contributed by atoms with van der Waals surface area (Å²) in [4.78, 5) is 12.6. The number of rotatable bonds is 4. The van der Waals surface area contributed by atoms with E-state index in [1.54, 1.807) is 6.07 Å². The molecule has 3 rings (SSSR count). The van der Waals surface area contributed by atoms with Crippen molar-refractivity contribution in [2.24, 2.45) is 11.0 Å². The predicted octanol–water partition coefficient (Wildman–Crippen LogP) is 4.14. The number of hydrogen-bond donors (Lipinski definition) is 1. The summed E-state index contributed by atoms with van der Waals surface area (Å²) < 4.78 is 46.8. The summed E-state index contributed by atoms with van der Waals surface area (Å²) >= 11 is 0. The van der Waals surface area contributed by atoms with Crippen LogP contribution in [0.3, 0.4) is 0 Å². The van der Waals surface area contributed by atoms with Gasteiger partial charge in [0.1, 0.15) is 5.75 Å². The van der Waals surface area contributed by atoms with Gasteiger partial charge in [0.2, 0.25) is 0 Å². The van der Waals surface area contributed by atoms with Gasteiger partial charge in [-0.05, 0) is 49.3 Å². The van der Waals surface area contributed by atoms with E-state index in [1.807, 2.05) is 32.9 Å². The second-order valence-electron chi connectivity index (χ2n) is 7.80. The molecule has 2 unspecified atom stereocenters.